The van der Waals surface area contributed by atoms with Crippen LogP contribution in [0.4, 0.5) is 0 Å². The largest absolute Gasteiger partial charge is 0.492 e. The van der Waals surface area contributed by atoms with E-state index in [4.69, 9.17) is 10.5 Å². The summed E-state index contributed by atoms with van der Waals surface area (Å²) >= 11 is 0. The van der Waals surface area contributed by atoms with E-state index in [2.05, 4.69) is 19.1 Å². The Labute approximate surface area is 108 Å². The molecule has 0 aromatic heterocycles. The first-order chi connectivity index (χ1) is 8.79. The third-order valence-electron chi connectivity index (χ3n) is 2.99. The molecule has 1 atom stereocenters. The van der Waals surface area contributed by atoms with Crippen molar-refractivity contribution in [2.45, 2.75) is 19.4 Å². The summed E-state index contributed by atoms with van der Waals surface area (Å²) in [5.41, 5.74) is 8.49. The van der Waals surface area contributed by atoms with E-state index in [9.17, 15) is 0 Å². The molecule has 0 spiro atoms. The Kier molecular flexibility index (Phi) is 4.37. The molecule has 0 bridgehead atoms. The van der Waals surface area contributed by atoms with Crippen LogP contribution in [0, 0.1) is 0 Å². The predicted molar refractivity (Wildman–Crippen MR) is 74.7 cm³/mol. The summed E-state index contributed by atoms with van der Waals surface area (Å²) in [6, 6.07) is 18.1. The molecule has 0 amide bonds. The molecule has 0 aliphatic carbocycles. The highest BCUT2D eigenvalue weighted by Crippen LogP contribution is 2.15. The van der Waals surface area contributed by atoms with E-state index in [-0.39, 0.29) is 6.04 Å². The van der Waals surface area contributed by atoms with Gasteiger partial charge >= 0.3 is 0 Å². The molecular weight excluding hydrogens is 222 g/mol. The molecular formula is C16H19NO. The van der Waals surface area contributed by atoms with Gasteiger partial charge in [0.1, 0.15) is 12.4 Å². The monoisotopic (exact) mass is 241 g/mol. The minimum Gasteiger partial charge on any atom is -0.492 e. The van der Waals surface area contributed by atoms with E-state index in [1.807, 2.05) is 42.5 Å². The summed E-state index contributed by atoms with van der Waals surface area (Å²) in [5.74, 6) is 0.874. The maximum Gasteiger partial charge on any atom is 0.119 e. The van der Waals surface area contributed by atoms with Crippen LogP contribution in [0.3, 0.4) is 0 Å². The Balaban J connectivity index is 1.91. The zero-order valence-corrected chi connectivity index (χ0v) is 10.7. The third kappa shape index (κ3) is 3.34. The van der Waals surface area contributed by atoms with Gasteiger partial charge in [0, 0.05) is 0 Å². The lowest BCUT2D eigenvalue weighted by Crippen LogP contribution is -2.18. The van der Waals surface area contributed by atoms with Gasteiger partial charge in [0.2, 0.25) is 0 Å². The minimum absolute atomic E-state index is 0.0861. The first kappa shape index (κ1) is 12.7. The molecule has 0 saturated heterocycles. The van der Waals surface area contributed by atoms with Crippen molar-refractivity contribution in [2.24, 2.45) is 5.73 Å². The van der Waals surface area contributed by atoms with Gasteiger partial charge in [0.25, 0.3) is 0 Å². The Hall–Kier alpha value is -1.80. The molecule has 94 valence electrons. The van der Waals surface area contributed by atoms with Crippen LogP contribution in [0.1, 0.15) is 24.1 Å². The molecule has 2 aromatic carbocycles. The third-order valence-corrected chi connectivity index (χ3v) is 2.99. The van der Waals surface area contributed by atoms with Crippen LogP contribution in [0.15, 0.2) is 54.6 Å². The summed E-state index contributed by atoms with van der Waals surface area (Å²) in [4.78, 5) is 0. The van der Waals surface area contributed by atoms with E-state index in [1.54, 1.807) is 0 Å². The number of nitrogens with two attached hydrogens (primary N) is 1. The molecule has 1 unspecified atom stereocenters. The summed E-state index contributed by atoms with van der Waals surface area (Å²) in [6.07, 6.45) is 1.05. The minimum atomic E-state index is -0.0861. The molecule has 2 N–H and O–H groups in total. The topological polar surface area (TPSA) is 35.2 Å². The second kappa shape index (κ2) is 6.22. The average molecular weight is 241 g/mol. The van der Waals surface area contributed by atoms with Crippen LogP contribution in [-0.2, 0) is 6.42 Å². The zero-order valence-electron chi connectivity index (χ0n) is 10.7. The van der Waals surface area contributed by atoms with Gasteiger partial charge in [-0.1, -0.05) is 49.4 Å². The van der Waals surface area contributed by atoms with Crippen LogP contribution >= 0.6 is 0 Å². The summed E-state index contributed by atoms with van der Waals surface area (Å²) < 4.78 is 5.70. The highest BCUT2D eigenvalue weighted by molar-refractivity contribution is 5.27. The summed E-state index contributed by atoms with van der Waals surface area (Å²) in [5, 5.41) is 0. The second-order valence-electron chi connectivity index (χ2n) is 4.33. The van der Waals surface area contributed by atoms with E-state index in [0.29, 0.717) is 6.61 Å². The van der Waals surface area contributed by atoms with Crippen LogP contribution in [0.5, 0.6) is 5.75 Å². The molecule has 0 aliphatic heterocycles. The molecule has 2 nitrogen and oxygen atoms in total. The smallest absolute Gasteiger partial charge is 0.119 e. The standard InChI is InChI=1S/C16H19NO/c1-2-13-8-10-15(11-9-13)18-12-16(17)14-6-4-3-5-7-14/h3-11,16H,2,12,17H2,1H3. The van der Waals surface area contributed by atoms with Crippen molar-refractivity contribution in [2.75, 3.05) is 6.61 Å². The highest BCUT2D eigenvalue weighted by Gasteiger charge is 2.05. The van der Waals surface area contributed by atoms with Crippen LogP contribution in [-0.4, -0.2) is 6.61 Å². The number of hydrogen-bond acceptors (Lipinski definition) is 2. The number of rotatable bonds is 5. The number of benzene rings is 2. The summed E-state index contributed by atoms with van der Waals surface area (Å²) in [6.45, 7) is 2.64. The van der Waals surface area contributed by atoms with Crippen molar-refractivity contribution in [1.29, 1.82) is 0 Å². The van der Waals surface area contributed by atoms with E-state index >= 15 is 0 Å². The van der Waals surface area contributed by atoms with Crippen molar-refractivity contribution in [3.8, 4) is 5.75 Å². The fraction of sp³-hybridized carbons (Fsp3) is 0.250. The normalized spacial score (nSPS) is 12.1. The number of hydrogen-bond donors (Lipinski definition) is 1. The predicted octanol–water partition coefficient (Wildman–Crippen LogP) is 3.33. The maximum atomic E-state index is 6.07. The molecule has 0 heterocycles. The lowest BCUT2D eigenvalue weighted by atomic mass is 10.1. The van der Waals surface area contributed by atoms with Gasteiger partial charge in [-0.05, 0) is 29.7 Å². The Morgan fingerprint density at radius 1 is 1.00 bits per heavy atom. The molecule has 18 heavy (non-hydrogen) atoms. The van der Waals surface area contributed by atoms with Crippen molar-refractivity contribution in [1.82, 2.24) is 0 Å². The molecule has 2 aromatic rings. The molecule has 0 aliphatic rings. The fourth-order valence-electron chi connectivity index (χ4n) is 1.80. The lowest BCUT2D eigenvalue weighted by molar-refractivity contribution is 0.290. The highest BCUT2D eigenvalue weighted by atomic mass is 16.5. The van der Waals surface area contributed by atoms with Crippen LogP contribution in [0.25, 0.3) is 0 Å². The fourth-order valence-corrected chi connectivity index (χ4v) is 1.80. The first-order valence-corrected chi connectivity index (χ1v) is 6.32. The van der Waals surface area contributed by atoms with Crippen LogP contribution in [0.2, 0.25) is 0 Å². The van der Waals surface area contributed by atoms with E-state index in [0.717, 1.165) is 17.7 Å². The van der Waals surface area contributed by atoms with E-state index < -0.39 is 0 Å². The quantitative estimate of drug-likeness (QED) is 0.871. The molecule has 0 fully saturated rings. The first-order valence-electron chi connectivity index (χ1n) is 6.32. The van der Waals surface area contributed by atoms with Gasteiger partial charge in [-0.15, -0.1) is 0 Å². The maximum absolute atomic E-state index is 6.07. The van der Waals surface area contributed by atoms with Gasteiger partial charge < -0.3 is 10.5 Å². The second-order valence-corrected chi connectivity index (χ2v) is 4.33. The van der Waals surface area contributed by atoms with Crippen molar-refractivity contribution < 1.29 is 4.74 Å². The lowest BCUT2D eigenvalue weighted by Gasteiger charge is -2.13. The van der Waals surface area contributed by atoms with Gasteiger partial charge in [-0.2, -0.15) is 0 Å². The van der Waals surface area contributed by atoms with Gasteiger partial charge in [-0.3, -0.25) is 0 Å². The number of aryl methyl sites for hydroxylation is 1. The average Bonchev–Trinajstić information content (AvgIpc) is 2.46. The Morgan fingerprint density at radius 2 is 1.67 bits per heavy atom. The molecule has 2 heteroatoms. The molecule has 0 saturated carbocycles. The van der Waals surface area contributed by atoms with Gasteiger partial charge in [0.05, 0.1) is 6.04 Å². The van der Waals surface area contributed by atoms with E-state index in [1.165, 1.54) is 5.56 Å². The van der Waals surface area contributed by atoms with Crippen molar-refractivity contribution >= 4 is 0 Å². The Bertz CT molecular complexity index is 464. The van der Waals surface area contributed by atoms with Crippen molar-refractivity contribution in [3.05, 3.63) is 65.7 Å². The van der Waals surface area contributed by atoms with Crippen molar-refractivity contribution in [3.63, 3.8) is 0 Å². The summed E-state index contributed by atoms with van der Waals surface area (Å²) in [7, 11) is 0. The zero-order chi connectivity index (χ0) is 12.8. The number of ether oxygens (including phenoxy) is 1. The molecule has 2 rings (SSSR count). The van der Waals surface area contributed by atoms with Gasteiger partial charge in [0.15, 0.2) is 0 Å². The van der Waals surface area contributed by atoms with Gasteiger partial charge in [-0.25, -0.2) is 0 Å². The van der Waals surface area contributed by atoms with Crippen LogP contribution < -0.4 is 10.5 Å². The SMILES string of the molecule is CCc1ccc(OCC(N)c2ccccc2)cc1. The Morgan fingerprint density at radius 3 is 2.28 bits per heavy atom. The molecule has 0 radical (unpaired) electrons.